The SMILES string of the molecule is Cc1ccc(CCC(Br)Cc2ccc(C)c(C)c2)cc1. The summed E-state index contributed by atoms with van der Waals surface area (Å²) in [5.74, 6) is 0. The first-order valence-corrected chi connectivity index (χ1v) is 8.22. The molecule has 20 heavy (non-hydrogen) atoms. The molecule has 0 aliphatic rings. The van der Waals surface area contributed by atoms with Crippen LogP contribution in [0.5, 0.6) is 0 Å². The summed E-state index contributed by atoms with van der Waals surface area (Å²) in [5, 5.41) is 0. The fraction of sp³-hybridized carbons (Fsp3) is 0.368. The van der Waals surface area contributed by atoms with Crippen molar-refractivity contribution in [1.82, 2.24) is 0 Å². The van der Waals surface area contributed by atoms with Crippen LogP contribution in [-0.2, 0) is 12.8 Å². The van der Waals surface area contributed by atoms with Crippen molar-refractivity contribution < 1.29 is 0 Å². The van der Waals surface area contributed by atoms with Gasteiger partial charge in [0, 0.05) is 4.83 Å². The second-order valence-corrected chi connectivity index (χ2v) is 7.04. The Labute approximate surface area is 131 Å². The van der Waals surface area contributed by atoms with E-state index in [1.807, 2.05) is 0 Å². The van der Waals surface area contributed by atoms with Crippen molar-refractivity contribution in [3.8, 4) is 0 Å². The molecule has 0 saturated carbocycles. The summed E-state index contributed by atoms with van der Waals surface area (Å²) in [6.45, 7) is 6.49. The highest BCUT2D eigenvalue weighted by molar-refractivity contribution is 9.09. The van der Waals surface area contributed by atoms with Crippen LogP contribution in [0.4, 0.5) is 0 Å². The molecule has 0 spiro atoms. The van der Waals surface area contributed by atoms with Gasteiger partial charge in [0.05, 0.1) is 0 Å². The average molecular weight is 331 g/mol. The molecule has 0 aliphatic heterocycles. The highest BCUT2D eigenvalue weighted by atomic mass is 79.9. The van der Waals surface area contributed by atoms with Crippen molar-refractivity contribution in [2.24, 2.45) is 0 Å². The number of alkyl halides is 1. The second kappa shape index (κ2) is 7.08. The maximum absolute atomic E-state index is 3.83. The van der Waals surface area contributed by atoms with Crippen LogP contribution in [-0.4, -0.2) is 4.83 Å². The summed E-state index contributed by atoms with van der Waals surface area (Å²) in [4.78, 5) is 0.547. The van der Waals surface area contributed by atoms with Crippen molar-refractivity contribution in [2.75, 3.05) is 0 Å². The molecule has 0 heterocycles. The maximum atomic E-state index is 3.83. The molecule has 0 bridgehead atoms. The largest absolute Gasteiger partial charge is 0.0887 e. The van der Waals surface area contributed by atoms with Gasteiger partial charge in [-0.05, 0) is 62.3 Å². The predicted octanol–water partition coefficient (Wildman–Crippen LogP) is 5.55. The molecule has 0 aromatic heterocycles. The van der Waals surface area contributed by atoms with Crippen molar-refractivity contribution in [1.29, 1.82) is 0 Å². The van der Waals surface area contributed by atoms with Crippen LogP contribution in [0, 0.1) is 20.8 Å². The molecule has 0 amide bonds. The normalized spacial score (nSPS) is 12.4. The Morgan fingerprint density at radius 2 is 1.50 bits per heavy atom. The lowest BCUT2D eigenvalue weighted by atomic mass is 10.00. The van der Waals surface area contributed by atoms with Gasteiger partial charge in [-0.15, -0.1) is 0 Å². The van der Waals surface area contributed by atoms with E-state index in [0.29, 0.717) is 4.83 Å². The molecule has 106 valence electrons. The van der Waals surface area contributed by atoms with Crippen LogP contribution < -0.4 is 0 Å². The Kier molecular flexibility index (Phi) is 5.42. The fourth-order valence-corrected chi connectivity index (χ4v) is 2.97. The first-order chi connectivity index (χ1) is 9.54. The summed E-state index contributed by atoms with van der Waals surface area (Å²) < 4.78 is 0. The lowest BCUT2D eigenvalue weighted by molar-refractivity contribution is 0.762. The van der Waals surface area contributed by atoms with Crippen LogP contribution in [0.15, 0.2) is 42.5 Å². The molecule has 2 aromatic rings. The molecule has 1 unspecified atom stereocenters. The van der Waals surface area contributed by atoms with Gasteiger partial charge in [-0.25, -0.2) is 0 Å². The zero-order chi connectivity index (χ0) is 14.5. The number of rotatable bonds is 5. The fourth-order valence-electron chi connectivity index (χ4n) is 2.37. The Morgan fingerprint density at radius 3 is 2.15 bits per heavy atom. The molecular formula is C19H23Br. The van der Waals surface area contributed by atoms with Crippen LogP contribution >= 0.6 is 15.9 Å². The summed E-state index contributed by atoms with van der Waals surface area (Å²) in [5.41, 5.74) is 6.96. The zero-order valence-electron chi connectivity index (χ0n) is 12.6. The molecule has 1 atom stereocenters. The smallest absolute Gasteiger partial charge is 0.0189 e. The van der Waals surface area contributed by atoms with E-state index in [1.54, 1.807) is 0 Å². The van der Waals surface area contributed by atoms with Gasteiger partial charge in [-0.2, -0.15) is 0 Å². The summed E-state index contributed by atoms with van der Waals surface area (Å²) in [6.07, 6.45) is 3.42. The zero-order valence-corrected chi connectivity index (χ0v) is 14.2. The minimum absolute atomic E-state index is 0.547. The van der Waals surface area contributed by atoms with E-state index in [2.05, 4.69) is 79.2 Å². The lowest BCUT2D eigenvalue weighted by Gasteiger charge is -2.11. The Bertz CT molecular complexity index is 554. The van der Waals surface area contributed by atoms with E-state index < -0.39 is 0 Å². The van der Waals surface area contributed by atoms with Gasteiger partial charge in [0.15, 0.2) is 0 Å². The first kappa shape index (κ1) is 15.3. The number of hydrogen-bond acceptors (Lipinski definition) is 0. The third-order valence-electron chi connectivity index (χ3n) is 3.90. The minimum Gasteiger partial charge on any atom is -0.0887 e. The van der Waals surface area contributed by atoms with Gasteiger partial charge in [-0.1, -0.05) is 64.0 Å². The summed E-state index contributed by atoms with van der Waals surface area (Å²) in [6, 6.07) is 15.7. The molecule has 0 nitrogen and oxygen atoms in total. The molecule has 2 aromatic carbocycles. The van der Waals surface area contributed by atoms with Gasteiger partial charge in [-0.3, -0.25) is 0 Å². The van der Waals surface area contributed by atoms with E-state index in [9.17, 15) is 0 Å². The molecule has 0 radical (unpaired) electrons. The summed E-state index contributed by atoms with van der Waals surface area (Å²) >= 11 is 3.83. The van der Waals surface area contributed by atoms with Gasteiger partial charge in [0.2, 0.25) is 0 Å². The van der Waals surface area contributed by atoms with Crippen molar-refractivity contribution in [3.63, 3.8) is 0 Å². The predicted molar refractivity (Wildman–Crippen MR) is 91.8 cm³/mol. The molecule has 0 N–H and O–H groups in total. The monoisotopic (exact) mass is 330 g/mol. The van der Waals surface area contributed by atoms with Crippen molar-refractivity contribution >= 4 is 15.9 Å². The highest BCUT2D eigenvalue weighted by Gasteiger charge is 2.07. The standard InChI is InChI=1S/C19H23Br/c1-14-4-7-17(8-5-14)10-11-19(20)13-18-9-6-15(2)16(3)12-18/h4-9,12,19H,10-11,13H2,1-3H3. The topological polar surface area (TPSA) is 0 Å². The molecule has 1 heteroatoms. The van der Waals surface area contributed by atoms with Crippen LogP contribution in [0.3, 0.4) is 0 Å². The van der Waals surface area contributed by atoms with Crippen LogP contribution in [0.1, 0.15) is 34.2 Å². The maximum Gasteiger partial charge on any atom is 0.0189 e. The van der Waals surface area contributed by atoms with E-state index in [0.717, 1.165) is 12.8 Å². The van der Waals surface area contributed by atoms with Crippen molar-refractivity contribution in [3.05, 3.63) is 70.3 Å². The van der Waals surface area contributed by atoms with Gasteiger partial charge in [0.25, 0.3) is 0 Å². The number of benzene rings is 2. The molecule has 0 fully saturated rings. The van der Waals surface area contributed by atoms with Gasteiger partial charge < -0.3 is 0 Å². The highest BCUT2D eigenvalue weighted by Crippen LogP contribution is 2.18. The number of halogens is 1. The molecule has 0 aliphatic carbocycles. The molecular weight excluding hydrogens is 308 g/mol. The Hall–Kier alpha value is -1.08. The molecule has 2 rings (SSSR count). The van der Waals surface area contributed by atoms with Crippen LogP contribution in [0.2, 0.25) is 0 Å². The lowest BCUT2D eigenvalue weighted by Crippen LogP contribution is -2.05. The molecule has 0 saturated heterocycles. The number of aryl methyl sites for hydroxylation is 4. The third kappa shape index (κ3) is 4.49. The Balaban J connectivity index is 1.87. The first-order valence-electron chi connectivity index (χ1n) is 7.30. The van der Waals surface area contributed by atoms with E-state index in [1.165, 1.54) is 34.2 Å². The van der Waals surface area contributed by atoms with E-state index in [-0.39, 0.29) is 0 Å². The Morgan fingerprint density at radius 1 is 0.850 bits per heavy atom. The van der Waals surface area contributed by atoms with Gasteiger partial charge in [0.1, 0.15) is 0 Å². The van der Waals surface area contributed by atoms with Crippen LogP contribution in [0.25, 0.3) is 0 Å². The number of hydrogen-bond donors (Lipinski definition) is 0. The quantitative estimate of drug-likeness (QED) is 0.630. The average Bonchev–Trinajstić information content (AvgIpc) is 2.42. The van der Waals surface area contributed by atoms with E-state index in [4.69, 9.17) is 0 Å². The minimum atomic E-state index is 0.547. The summed E-state index contributed by atoms with van der Waals surface area (Å²) in [7, 11) is 0. The second-order valence-electron chi connectivity index (χ2n) is 5.74. The third-order valence-corrected chi connectivity index (χ3v) is 4.68. The van der Waals surface area contributed by atoms with E-state index >= 15 is 0 Å². The van der Waals surface area contributed by atoms with Crippen molar-refractivity contribution in [2.45, 2.75) is 44.9 Å². The van der Waals surface area contributed by atoms with Gasteiger partial charge >= 0.3 is 0 Å².